The van der Waals surface area contributed by atoms with Crippen LogP contribution in [0.5, 0.6) is 5.75 Å². The fourth-order valence-corrected chi connectivity index (χ4v) is 4.21. The van der Waals surface area contributed by atoms with Crippen molar-refractivity contribution in [3.63, 3.8) is 0 Å². The van der Waals surface area contributed by atoms with Gasteiger partial charge < -0.3 is 19.5 Å². The number of carbonyl (C=O) groups excluding carboxylic acids is 2. The first-order valence-electron chi connectivity index (χ1n) is 12.0. The van der Waals surface area contributed by atoms with Gasteiger partial charge in [-0.25, -0.2) is 0 Å². The molecule has 1 saturated heterocycles. The van der Waals surface area contributed by atoms with E-state index in [1.54, 1.807) is 30.2 Å². The van der Waals surface area contributed by atoms with E-state index in [4.69, 9.17) is 9.47 Å². The van der Waals surface area contributed by atoms with Crippen molar-refractivity contribution in [3.05, 3.63) is 70.3 Å². The molecule has 1 aliphatic rings. The van der Waals surface area contributed by atoms with Crippen LogP contribution in [-0.2, 0) is 20.7 Å². The van der Waals surface area contributed by atoms with Crippen molar-refractivity contribution in [1.29, 1.82) is 0 Å². The maximum atomic E-state index is 13.1. The lowest BCUT2D eigenvalue weighted by molar-refractivity contribution is -0.140. The van der Waals surface area contributed by atoms with E-state index >= 15 is 0 Å². The Labute approximate surface area is 202 Å². The number of nitrogens with zero attached hydrogens (tertiary/aromatic N) is 1. The van der Waals surface area contributed by atoms with Crippen LogP contribution < -0.4 is 4.74 Å². The molecule has 1 amide bonds. The number of methoxy groups -OCH3 is 1. The van der Waals surface area contributed by atoms with E-state index in [0.29, 0.717) is 31.7 Å². The molecule has 1 fully saturated rings. The second kappa shape index (κ2) is 11.8. The van der Waals surface area contributed by atoms with Crippen molar-refractivity contribution < 1.29 is 24.2 Å². The minimum Gasteiger partial charge on any atom is -0.507 e. The predicted molar refractivity (Wildman–Crippen MR) is 133 cm³/mol. The van der Waals surface area contributed by atoms with E-state index in [1.165, 1.54) is 0 Å². The first kappa shape index (κ1) is 25.5. The maximum absolute atomic E-state index is 13.1. The summed E-state index contributed by atoms with van der Waals surface area (Å²) < 4.78 is 11.0. The van der Waals surface area contributed by atoms with Crippen LogP contribution in [0, 0.1) is 6.92 Å². The van der Waals surface area contributed by atoms with Crippen LogP contribution in [0.25, 0.3) is 5.76 Å². The number of ether oxygens (including phenoxy) is 2. The second-order valence-electron chi connectivity index (χ2n) is 8.62. The van der Waals surface area contributed by atoms with Crippen LogP contribution >= 0.6 is 0 Å². The van der Waals surface area contributed by atoms with Gasteiger partial charge in [-0.2, -0.15) is 0 Å². The van der Waals surface area contributed by atoms with Crippen molar-refractivity contribution >= 4 is 17.4 Å². The third-order valence-electron chi connectivity index (χ3n) is 6.19. The number of Topliss-reactive ketones (excluding diaryl/α,β-unsaturated/α-hetero) is 1. The summed E-state index contributed by atoms with van der Waals surface area (Å²) in [7, 11) is 1.60. The van der Waals surface area contributed by atoms with Crippen molar-refractivity contribution in [2.75, 3.05) is 26.9 Å². The Morgan fingerprint density at radius 3 is 2.38 bits per heavy atom. The number of ketones is 1. The Morgan fingerprint density at radius 1 is 1.03 bits per heavy atom. The Bertz CT molecular complexity index is 1040. The van der Waals surface area contributed by atoms with Gasteiger partial charge in [0.2, 0.25) is 0 Å². The van der Waals surface area contributed by atoms with E-state index in [2.05, 4.69) is 13.8 Å². The minimum atomic E-state index is -0.666. The van der Waals surface area contributed by atoms with Gasteiger partial charge in [0, 0.05) is 25.8 Å². The number of benzene rings is 2. The van der Waals surface area contributed by atoms with Crippen molar-refractivity contribution in [2.45, 2.75) is 52.5 Å². The number of hydrogen-bond donors (Lipinski definition) is 1. The first-order chi connectivity index (χ1) is 16.4. The SMILES string of the molecule is CCCCOc1ccc(/C(O)=C2\C(=O)C(=O)N(CCCOC)[C@H]2c2ccc(CC)cc2)cc1C. The zero-order chi connectivity index (χ0) is 24.7. The summed E-state index contributed by atoms with van der Waals surface area (Å²) in [5, 5.41) is 11.3. The van der Waals surface area contributed by atoms with Crippen LogP contribution in [0.2, 0.25) is 0 Å². The average molecular weight is 466 g/mol. The number of rotatable bonds is 11. The molecule has 1 aliphatic heterocycles. The van der Waals surface area contributed by atoms with Crippen molar-refractivity contribution in [3.8, 4) is 5.75 Å². The Morgan fingerprint density at radius 2 is 1.76 bits per heavy atom. The molecule has 0 bridgehead atoms. The number of likely N-dealkylation sites (tertiary alicyclic amines) is 1. The van der Waals surface area contributed by atoms with Crippen molar-refractivity contribution in [1.82, 2.24) is 4.90 Å². The van der Waals surface area contributed by atoms with E-state index < -0.39 is 17.7 Å². The van der Waals surface area contributed by atoms with Crippen LogP contribution in [0.3, 0.4) is 0 Å². The summed E-state index contributed by atoms with van der Waals surface area (Å²) in [6, 6.07) is 12.5. The summed E-state index contributed by atoms with van der Waals surface area (Å²) in [6.07, 6.45) is 3.49. The summed E-state index contributed by atoms with van der Waals surface area (Å²) in [4.78, 5) is 27.7. The van der Waals surface area contributed by atoms with Crippen LogP contribution in [0.4, 0.5) is 0 Å². The topological polar surface area (TPSA) is 76.1 Å². The normalized spacial score (nSPS) is 17.4. The lowest BCUT2D eigenvalue weighted by Gasteiger charge is -2.25. The smallest absolute Gasteiger partial charge is 0.295 e. The number of carbonyl (C=O) groups is 2. The second-order valence-corrected chi connectivity index (χ2v) is 8.62. The first-order valence-corrected chi connectivity index (χ1v) is 12.0. The van der Waals surface area contributed by atoms with E-state index in [0.717, 1.165) is 41.7 Å². The molecule has 0 aromatic heterocycles. The zero-order valence-corrected chi connectivity index (χ0v) is 20.6. The van der Waals surface area contributed by atoms with E-state index in [9.17, 15) is 14.7 Å². The van der Waals surface area contributed by atoms with Crippen molar-refractivity contribution in [2.24, 2.45) is 0 Å². The lowest BCUT2D eigenvalue weighted by atomic mass is 9.94. The van der Waals surface area contributed by atoms with Gasteiger partial charge in [0.15, 0.2) is 0 Å². The molecule has 0 saturated carbocycles. The highest BCUT2D eigenvalue weighted by Gasteiger charge is 2.45. The highest BCUT2D eigenvalue weighted by atomic mass is 16.5. The van der Waals surface area contributed by atoms with E-state index in [1.807, 2.05) is 31.2 Å². The lowest BCUT2D eigenvalue weighted by Crippen LogP contribution is -2.31. The standard InChI is InChI=1S/C28H35NO5/c1-5-7-17-34-23-14-13-22(18-19(23)3)26(30)24-25(21-11-9-20(6-2)10-12-21)29(15-8-16-33-4)28(32)27(24)31/h9-14,18,25,30H,5-8,15-17H2,1-4H3/b26-24+/t25-/m0/s1. The Hall–Kier alpha value is -3.12. The fraction of sp³-hybridized carbons (Fsp3) is 0.429. The summed E-state index contributed by atoms with van der Waals surface area (Å²) in [5.74, 6) is -0.684. The molecule has 3 rings (SSSR count). The minimum absolute atomic E-state index is 0.116. The van der Waals surface area contributed by atoms with Crippen LogP contribution in [0.1, 0.15) is 61.4 Å². The van der Waals surface area contributed by atoms with Gasteiger partial charge in [0.05, 0.1) is 18.2 Å². The number of aryl methyl sites for hydroxylation is 2. The summed E-state index contributed by atoms with van der Waals surface area (Å²) in [5.41, 5.74) is 3.43. The number of unbranched alkanes of at least 4 members (excludes halogenated alkanes) is 1. The highest BCUT2D eigenvalue weighted by Crippen LogP contribution is 2.40. The predicted octanol–water partition coefficient (Wildman–Crippen LogP) is 5.19. The quantitative estimate of drug-likeness (QED) is 0.214. The average Bonchev–Trinajstić information content (AvgIpc) is 3.10. The number of aliphatic hydroxyl groups is 1. The summed E-state index contributed by atoms with van der Waals surface area (Å²) in [6.45, 7) is 7.55. The molecule has 2 aromatic rings. The Balaban J connectivity index is 2.03. The van der Waals surface area contributed by atoms with Gasteiger partial charge in [0.1, 0.15) is 11.5 Å². The van der Waals surface area contributed by atoms with Gasteiger partial charge in [-0.1, -0.05) is 44.5 Å². The molecule has 34 heavy (non-hydrogen) atoms. The highest BCUT2D eigenvalue weighted by molar-refractivity contribution is 6.46. The molecule has 1 heterocycles. The molecular formula is C28H35NO5. The van der Waals surface area contributed by atoms with Crippen LogP contribution in [0.15, 0.2) is 48.0 Å². The molecular weight excluding hydrogens is 430 g/mol. The molecule has 0 radical (unpaired) electrons. The third-order valence-corrected chi connectivity index (χ3v) is 6.19. The zero-order valence-electron chi connectivity index (χ0n) is 20.6. The third kappa shape index (κ3) is 5.50. The molecule has 6 nitrogen and oxygen atoms in total. The largest absolute Gasteiger partial charge is 0.507 e. The number of amides is 1. The number of aliphatic hydroxyl groups excluding tert-OH is 1. The molecule has 1 atom stereocenters. The molecule has 182 valence electrons. The monoisotopic (exact) mass is 465 g/mol. The molecule has 2 aromatic carbocycles. The van der Waals surface area contributed by atoms with Gasteiger partial charge in [-0.05, 0) is 61.1 Å². The molecule has 0 unspecified atom stereocenters. The number of hydrogen-bond acceptors (Lipinski definition) is 5. The maximum Gasteiger partial charge on any atom is 0.295 e. The van der Waals surface area contributed by atoms with Gasteiger partial charge in [0.25, 0.3) is 11.7 Å². The van der Waals surface area contributed by atoms with Crippen LogP contribution in [-0.4, -0.2) is 48.6 Å². The molecule has 1 N–H and O–H groups in total. The fourth-order valence-electron chi connectivity index (χ4n) is 4.21. The van der Waals surface area contributed by atoms with Gasteiger partial charge in [-0.15, -0.1) is 0 Å². The Kier molecular flexibility index (Phi) is 8.88. The molecule has 6 heteroatoms. The van der Waals surface area contributed by atoms with Gasteiger partial charge in [-0.3, -0.25) is 9.59 Å². The molecule has 0 aliphatic carbocycles. The molecule has 0 spiro atoms. The van der Waals surface area contributed by atoms with Gasteiger partial charge >= 0.3 is 0 Å². The summed E-state index contributed by atoms with van der Waals surface area (Å²) >= 11 is 0. The van der Waals surface area contributed by atoms with E-state index in [-0.39, 0.29) is 11.3 Å².